The highest BCUT2D eigenvalue weighted by molar-refractivity contribution is 5.29. The van der Waals surface area contributed by atoms with Gasteiger partial charge >= 0.3 is 0 Å². The summed E-state index contributed by atoms with van der Waals surface area (Å²) in [5.74, 6) is 0.797. The van der Waals surface area contributed by atoms with E-state index in [9.17, 15) is 4.39 Å². The van der Waals surface area contributed by atoms with Crippen LogP contribution in [0.3, 0.4) is 0 Å². The summed E-state index contributed by atoms with van der Waals surface area (Å²) in [5, 5.41) is 3.36. The lowest BCUT2D eigenvalue weighted by Crippen LogP contribution is -2.16. The Hall–Kier alpha value is -1.55. The van der Waals surface area contributed by atoms with Crippen LogP contribution in [-0.4, -0.2) is 29.2 Å². The van der Waals surface area contributed by atoms with Crippen molar-refractivity contribution in [3.8, 4) is 0 Å². The van der Waals surface area contributed by atoms with Crippen molar-refractivity contribution in [3.63, 3.8) is 0 Å². The molecule has 0 radical (unpaired) electrons. The fourth-order valence-corrected chi connectivity index (χ4v) is 2.55. The minimum atomic E-state index is -0.856. The largest absolute Gasteiger partial charge is 0.316 e. The van der Waals surface area contributed by atoms with Crippen LogP contribution in [0.4, 0.5) is 4.39 Å². The van der Waals surface area contributed by atoms with Crippen LogP contribution in [0, 0.1) is 0 Å². The van der Waals surface area contributed by atoms with Gasteiger partial charge in [0, 0.05) is 37.7 Å². The lowest BCUT2D eigenvalue weighted by Gasteiger charge is -2.11. The normalized spacial score (nSPS) is 22.6. The molecule has 1 aromatic heterocycles. The smallest absolute Gasteiger partial charge is 0.132 e. The molecule has 2 aliphatic rings. The van der Waals surface area contributed by atoms with E-state index in [2.05, 4.69) is 15.3 Å². The monoisotopic (exact) mass is 259 g/mol. The van der Waals surface area contributed by atoms with E-state index in [1.807, 2.05) is 18.3 Å². The SMILES string of the molecule is FC1C=C(Cc2ncc3c(n2)CCNCC3)C=CC1. The van der Waals surface area contributed by atoms with Crippen LogP contribution in [0.1, 0.15) is 23.5 Å². The summed E-state index contributed by atoms with van der Waals surface area (Å²) in [5.41, 5.74) is 3.36. The number of fused-ring (bicyclic) bond motifs is 1. The maximum Gasteiger partial charge on any atom is 0.132 e. The predicted molar refractivity (Wildman–Crippen MR) is 72.7 cm³/mol. The molecule has 1 unspecified atom stereocenters. The van der Waals surface area contributed by atoms with Gasteiger partial charge in [-0.05, 0) is 30.2 Å². The van der Waals surface area contributed by atoms with Gasteiger partial charge < -0.3 is 5.32 Å². The maximum atomic E-state index is 13.3. The zero-order chi connectivity index (χ0) is 13.1. The van der Waals surface area contributed by atoms with Crippen molar-refractivity contribution in [1.82, 2.24) is 15.3 Å². The Morgan fingerprint density at radius 3 is 3.11 bits per heavy atom. The molecular weight excluding hydrogens is 241 g/mol. The van der Waals surface area contributed by atoms with E-state index in [1.54, 1.807) is 6.08 Å². The first-order valence-corrected chi connectivity index (χ1v) is 6.87. The summed E-state index contributed by atoms with van der Waals surface area (Å²) in [6.07, 6.45) is 9.67. The molecule has 19 heavy (non-hydrogen) atoms. The van der Waals surface area contributed by atoms with E-state index < -0.39 is 6.17 Å². The van der Waals surface area contributed by atoms with Crippen LogP contribution < -0.4 is 5.32 Å². The molecule has 1 atom stereocenters. The summed E-state index contributed by atoms with van der Waals surface area (Å²) < 4.78 is 13.3. The van der Waals surface area contributed by atoms with Crippen molar-refractivity contribution >= 4 is 0 Å². The number of hydrogen-bond acceptors (Lipinski definition) is 3. The van der Waals surface area contributed by atoms with Crippen LogP contribution in [0.2, 0.25) is 0 Å². The summed E-state index contributed by atoms with van der Waals surface area (Å²) in [4.78, 5) is 9.06. The first kappa shape index (κ1) is 12.5. The standard InChI is InChI=1S/C15H18FN3/c16-13-3-1-2-11(8-13)9-15-18-10-12-4-6-17-7-5-14(12)19-15/h1-2,8,10,13,17H,3-7,9H2. The number of allylic oxidation sites excluding steroid dienone is 4. The van der Waals surface area contributed by atoms with Crippen molar-refractivity contribution in [3.05, 3.63) is 47.1 Å². The number of alkyl halides is 1. The zero-order valence-corrected chi connectivity index (χ0v) is 10.9. The third-order valence-corrected chi connectivity index (χ3v) is 3.56. The second kappa shape index (κ2) is 5.61. The summed E-state index contributed by atoms with van der Waals surface area (Å²) in [6, 6.07) is 0. The van der Waals surface area contributed by atoms with Gasteiger partial charge in [-0.2, -0.15) is 0 Å². The number of halogens is 1. The number of nitrogens with one attached hydrogen (secondary N) is 1. The van der Waals surface area contributed by atoms with Crippen molar-refractivity contribution in [1.29, 1.82) is 0 Å². The van der Waals surface area contributed by atoms with Gasteiger partial charge in [-0.25, -0.2) is 14.4 Å². The first-order valence-electron chi connectivity index (χ1n) is 6.87. The van der Waals surface area contributed by atoms with Gasteiger partial charge in [0.15, 0.2) is 0 Å². The topological polar surface area (TPSA) is 37.8 Å². The second-order valence-corrected chi connectivity index (χ2v) is 5.08. The number of rotatable bonds is 2. The van der Waals surface area contributed by atoms with Crippen molar-refractivity contribution < 1.29 is 4.39 Å². The van der Waals surface area contributed by atoms with Gasteiger partial charge in [0.05, 0.1) is 0 Å². The fraction of sp³-hybridized carbons (Fsp3) is 0.467. The molecule has 3 rings (SSSR count). The molecule has 0 aromatic carbocycles. The summed E-state index contributed by atoms with van der Waals surface area (Å²) >= 11 is 0. The molecule has 0 spiro atoms. The summed E-state index contributed by atoms with van der Waals surface area (Å²) in [7, 11) is 0. The Kier molecular flexibility index (Phi) is 3.69. The molecule has 1 aliphatic heterocycles. The van der Waals surface area contributed by atoms with Crippen LogP contribution in [-0.2, 0) is 19.3 Å². The second-order valence-electron chi connectivity index (χ2n) is 5.08. The van der Waals surface area contributed by atoms with Crippen molar-refractivity contribution in [2.75, 3.05) is 13.1 Å². The predicted octanol–water partition coefficient (Wildman–Crippen LogP) is 1.93. The number of aromatic nitrogens is 2. The molecule has 0 fully saturated rings. The molecule has 0 saturated heterocycles. The molecule has 0 saturated carbocycles. The van der Waals surface area contributed by atoms with Crippen molar-refractivity contribution in [2.24, 2.45) is 0 Å². The third-order valence-electron chi connectivity index (χ3n) is 3.56. The van der Waals surface area contributed by atoms with Gasteiger partial charge in [-0.3, -0.25) is 0 Å². The van der Waals surface area contributed by atoms with E-state index in [0.717, 1.165) is 43.0 Å². The van der Waals surface area contributed by atoms with E-state index >= 15 is 0 Å². The van der Waals surface area contributed by atoms with Gasteiger partial charge in [0.2, 0.25) is 0 Å². The number of hydrogen-bond donors (Lipinski definition) is 1. The molecule has 2 heterocycles. The lowest BCUT2D eigenvalue weighted by molar-refractivity contribution is 0.399. The zero-order valence-electron chi connectivity index (χ0n) is 10.9. The Morgan fingerprint density at radius 2 is 2.21 bits per heavy atom. The van der Waals surface area contributed by atoms with E-state index in [0.29, 0.717) is 12.8 Å². The molecule has 0 amide bonds. The minimum Gasteiger partial charge on any atom is -0.316 e. The Labute approximate surface area is 112 Å². The average molecular weight is 259 g/mol. The van der Waals surface area contributed by atoms with E-state index in [-0.39, 0.29) is 0 Å². The molecule has 3 nitrogen and oxygen atoms in total. The van der Waals surface area contributed by atoms with E-state index in [1.165, 1.54) is 5.56 Å². The Balaban J connectivity index is 1.78. The molecule has 0 bridgehead atoms. The summed E-state index contributed by atoms with van der Waals surface area (Å²) in [6.45, 7) is 1.96. The molecule has 1 aliphatic carbocycles. The molecule has 1 aromatic rings. The molecular formula is C15H18FN3. The maximum absolute atomic E-state index is 13.3. The molecule has 1 N–H and O–H groups in total. The Morgan fingerprint density at radius 1 is 1.32 bits per heavy atom. The Bertz CT molecular complexity index is 522. The average Bonchev–Trinajstić information content (AvgIpc) is 2.63. The van der Waals surface area contributed by atoms with Crippen molar-refractivity contribution in [2.45, 2.75) is 31.9 Å². The van der Waals surface area contributed by atoms with Gasteiger partial charge in [-0.1, -0.05) is 12.2 Å². The highest BCUT2D eigenvalue weighted by atomic mass is 19.1. The third kappa shape index (κ3) is 3.07. The highest BCUT2D eigenvalue weighted by Gasteiger charge is 2.12. The molecule has 4 heteroatoms. The highest BCUT2D eigenvalue weighted by Crippen LogP contribution is 2.17. The van der Waals surface area contributed by atoms with Crippen LogP contribution >= 0.6 is 0 Å². The van der Waals surface area contributed by atoms with Gasteiger partial charge in [-0.15, -0.1) is 0 Å². The van der Waals surface area contributed by atoms with Crippen LogP contribution in [0.25, 0.3) is 0 Å². The first-order chi connectivity index (χ1) is 9.31. The molecule has 100 valence electrons. The van der Waals surface area contributed by atoms with Gasteiger partial charge in [0.25, 0.3) is 0 Å². The lowest BCUT2D eigenvalue weighted by atomic mass is 10.0. The van der Waals surface area contributed by atoms with Crippen LogP contribution in [0.15, 0.2) is 30.0 Å². The number of nitrogens with zero attached hydrogens (tertiary/aromatic N) is 2. The van der Waals surface area contributed by atoms with Crippen LogP contribution in [0.5, 0.6) is 0 Å². The minimum absolute atomic E-state index is 0.486. The van der Waals surface area contributed by atoms with Gasteiger partial charge in [0.1, 0.15) is 12.0 Å². The quantitative estimate of drug-likeness (QED) is 0.882. The van der Waals surface area contributed by atoms with E-state index in [4.69, 9.17) is 0 Å². The fourth-order valence-electron chi connectivity index (χ4n) is 2.55.